The Morgan fingerprint density at radius 1 is 1.38 bits per heavy atom. The van der Waals surface area contributed by atoms with Gasteiger partial charge in [-0.15, -0.1) is 6.58 Å². The lowest BCUT2D eigenvalue weighted by atomic mass is 9.48. The highest BCUT2D eigenvalue weighted by atomic mass is 16.5. The van der Waals surface area contributed by atoms with Crippen LogP contribution in [0.5, 0.6) is 11.5 Å². The molecule has 1 saturated heterocycles. The molecule has 1 amide bonds. The Kier molecular flexibility index (Phi) is 4.64. The van der Waals surface area contributed by atoms with E-state index in [0.717, 1.165) is 23.2 Å². The van der Waals surface area contributed by atoms with Gasteiger partial charge in [-0.1, -0.05) is 18.2 Å². The van der Waals surface area contributed by atoms with Gasteiger partial charge < -0.3 is 14.9 Å². The second-order valence-electron chi connectivity index (χ2n) is 10.3. The number of likely N-dealkylation sites (tertiary alicyclic amines) is 1. The van der Waals surface area contributed by atoms with Gasteiger partial charge in [0.05, 0.1) is 17.1 Å². The number of ether oxygens (including phenoxy) is 1. The fraction of sp³-hybridized carbons (Fsp3) is 0.481. The third-order valence-corrected chi connectivity index (χ3v) is 8.79. The van der Waals surface area contributed by atoms with Gasteiger partial charge in [-0.2, -0.15) is 0 Å². The van der Waals surface area contributed by atoms with Crippen LogP contribution in [-0.2, 0) is 16.6 Å². The van der Waals surface area contributed by atoms with Gasteiger partial charge >= 0.3 is 0 Å². The van der Waals surface area contributed by atoms with Crippen molar-refractivity contribution in [3.63, 3.8) is 0 Å². The zero-order valence-corrected chi connectivity index (χ0v) is 19.7. The number of benzene rings is 1. The Bertz CT molecular complexity index is 1200. The summed E-state index contributed by atoms with van der Waals surface area (Å²) in [7, 11) is 0. The van der Waals surface area contributed by atoms with Gasteiger partial charge in [0.15, 0.2) is 11.5 Å². The molecule has 3 heterocycles. The number of aromatic hydroxyl groups is 1. The SMILES string of the molecule is C=CCN1CC[C@]23c4c5ccc(O)c4O[C@H]2[C@@H](N(C(C)=O)c2ncccc2C)CC[C@@]3(O)[C@H]1C5. The normalized spacial score (nSPS) is 33.1. The number of amides is 1. The Hall–Kier alpha value is -2.90. The van der Waals surface area contributed by atoms with Crippen LogP contribution in [0.2, 0.25) is 0 Å². The standard InChI is InChI=1S/C27H31N3O4/c1-4-13-29-14-11-26-22-18-7-8-20(32)23(22)34-24(26)19(9-10-27(26,33)21(29)15-18)30(17(3)31)25-16(2)6-5-12-28-25/h4-8,12,19,21,24,32-33H,1,9-11,13-15H2,2-3H3/t19-,21+,24-,26-,27+/m0/s1. The topological polar surface area (TPSA) is 86.1 Å². The Labute approximate surface area is 199 Å². The number of nitrogens with zero attached hydrogens (tertiary/aromatic N) is 3. The van der Waals surface area contributed by atoms with E-state index in [9.17, 15) is 15.0 Å². The Morgan fingerprint density at radius 3 is 2.94 bits per heavy atom. The summed E-state index contributed by atoms with van der Waals surface area (Å²) in [5.41, 5.74) is 1.25. The maximum Gasteiger partial charge on any atom is 0.225 e. The van der Waals surface area contributed by atoms with Gasteiger partial charge in [-0.3, -0.25) is 14.6 Å². The number of rotatable bonds is 4. The number of phenolic OH excluding ortho intramolecular Hbond substituents is 1. The van der Waals surface area contributed by atoms with E-state index in [1.165, 1.54) is 0 Å². The number of aryl methyl sites for hydroxylation is 1. The van der Waals surface area contributed by atoms with E-state index >= 15 is 0 Å². The monoisotopic (exact) mass is 461 g/mol. The molecule has 7 nitrogen and oxygen atoms in total. The van der Waals surface area contributed by atoms with Crippen molar-refractivity contribution in [2.75, 3.05) is 18.0 Å². The van der Waals surface area contributed by atoms with Crippen molar-refractivity contribution in [3.05, 3.63) is 59.8 Å². The van der Waals surface area contributed by atoms with Crippen LogP contribution < -0.4 is 9.64 Å². The van der Waals surface area contributed by atoms with E-state index in [1.807, 2.05) is 31.2 Å². The highest BCUT2D eigenvalue weighted by molar-refractivity contribution is 5.92. The van der Waals surface area contributed by atoms with Crippen molar-refractivity contribution < 1.29 is 19.7 Å². The van der Waals surface area contributed by atoms with Crippen molar-refractivity contribution in [1.29, 1.82) is 0 Å². The van der Waals surface area contributed by atoms with E-state index in [-0.39, 0.29) is 23.7 Å². The summed E-state index contributed by atoms with van der Waals surface area (Å²) in [6.07, 6.45) is 5.63. The molecule has 2 bridgehead atoms. The van der Waals surface area contributed by atoms with Gasteiger partial charge in [0.1, 0.15) is 11.9 Å². The number of pyridine rings is 1. The van der Waals surface area contributed by atoms with Gasteiger partial charge in [0.25, 0.3) is 0 Å². The molecule has 2 aliphatic carbocycles. The van der Waals surface area contributed by atoms with E-state index in [2.05, 4.69) is 16.5 Å². The molecule has 1 aromatic carbocycles. The lowest BCUT2D eigenvalue weighted by Gasteiger charge is -2.64. The van der Waals surface area contributed by atoms with Crippen molar-refractivity contribution in [3.8, 4) is 11.5 Å². The van der Waals surface area contributed by atoms with Crippen LogP contribution in [0, 0.1) is 6.92 Å². The lowest BCUT2D eigenvalue weighted by Crippen LogP contribution is -2.78. The molecule has 5 atom stereocenters. The van der Waals surface area contributed by atoms with E-state index in [0.29, 0.717) is 43.8 Å². The molecule has 0 unspecified atom stereocenters. The molecule has 178 valence electrons. The molecule has 1 saturated carbocycles. The van der Waals surface area contributed by atoms with E-state index in [1.54, 1.807) is 24.1 Å². The summed E-state index contributed by atoms with van der Waals surface area (Å²) in [5.74, 6) is 1.10. The quantitative estimate of drug-likeness (QED) is 0.681. The fourth-order valence-corrected chi connectivity index (χ4v) is 7.52. The third kappa shape index (κ3) is 2.54. The number of hydrogen-bond acceptors (Lipinski definition) is 6. The summed E-state index contributed by atoms with van der Waals surface area (Å²) in [4.78, 5) is 21.7. The number of hydrogen-bond donors (Lipinski definition) is 2. The molecular formula is C27H31N3O4. The van der Waals surface area contributed by atoms with Crippen molar-refractivity contribution in [2.45, 2.75) is 68.7 Å². The number of carbonyl (C=O) groups excluding carboxylic acids is 1. The number of carbonyl (C=O) groups is 1. The predicted octanol–water partition coefficient (Wildman–Crippen LogP) is 2.86. The fourth-order valence-electron chi connectivity index (χ4n) is 7.52. The Balaban J connectivity index is 1.55. The van der Waals surface area contributed by atoms with Crippen LogP contribution in [0.3, 0.4) is 0 Å². The van der Waals surface area contributed by atoms with Crippen LogP contribution in [-0.4, -0.2) is 62.9 Å². The van der Waals surface area contributed by atoms with E-state index < -0.39 is 17.1 Å². The zero-order chi connectivity index (χ0) is 23.8. The first kappa shape index (κ1) is 21.6. The minimum atomic E-state index is -1.02. The number of piperidine rings is 1. The molecule has 1 aromatic heterocycles. The molecule has 6 rings (SSSR count). The highest BCUT2D eigenvalue weighted by Gasteiger charge is 2.73. The van der Waals surface area contributed by atoms with Crippen molar-refractivity contribution >= 4 is 11.7 Å². The molecule has 2 aliphatic heterocycles. The van der Waals surface area contributed by atoms with Crippen molar-refractivity contribution in [1.82, 2.24) is 9.88 Å². The molecule has 0 radical (unpaired) electrons. The molecule has 7 heteroatoms. The number of anilines is 1. The smallest absolute Gasteiger partial charge is 0.225 e. The second-order valence-corrected chi connectivity index (χ2v) is 10.3. The second kappa shape index (κ2) is 7.30. The first-order valence-electron chi connectivity index (χ1n) is 12.1. The molecule has 2 N–H and O–H groups in total. The molecular weight excluding hydrogens is 430 g/mol. The van der Waals surface area contributed by atoms with Gasteiger partial charge in [0.2, 0.25) is 5.91 Å². The number of aromatic nitrogens is 1. The van der Waals surface area contributed by atoms with Crippen LogP contribution in [0.15, 0.2) is 43.1 Å². The van der Waals surface area contributed by atoms with Crippen LogP contribution in [0.25, 0.3) is 0 Å². The summed E-state index contributed by atoms with van der Waals surface area (Å²) >= 11 is 0. The largest absolute Gasteiger partial charge is 0.504 e. The van der Waals surface area contributed by atoms with Crippen LogP contribution >= 0.6 is 0 Å². The average Bonchev–Trinajstić information content (AvgIpc) is 3.16. The van der Waals surface area contributed by atoms with Gasteiger partial charge in [-0.05, 0) is 62.4 Å². The average molecular weight is 462 g/mol. The lowest BCUT2D eigenvalue weighted by molar-refractivity contribution is -0.187. The van der Waals surface area contributed by atoms with Gasteiger partial charge in [0, 0.05) is 31.3 Å². The van der Waals surface area contributed by atoms with Crippen LogP contribution in [0.4, 0.5) is 5.82 Å². The number of phenols is 1. The first-order valence-corrected chi connectivity index (χ1v) is 12.1. The minimum Gasteiger partial charge on any atom is -0.504 e. The maximum atomic E-state index is 13.1. The van der Waals surface area contributed by atoms with Crippen molar-refractivity contribution in [2.24, 2.45) is 0 Å². The van der Waals surface area contributed by atoms with Crippen LogP contribution in [0.1, 0.15) is 42.9 Å². The van der Waals surface area contributed by atoms with E-state index in [4.69, 9.17) is 4.74 Å². The molecule has 4 aliphatic rings. The molecule has 2 aromatic rings. The minimum absolute atomic E-state index is 0.0725. The summed E-state index contributed by atoms with van der Waals surface area (Å²) in [6.45, 7) is 8.95. The predicted molar refractivity (Wildman–Crippen MR) is 128 cm³/mol. The first-order chi connectivity index (χ1) is 16.3. The number of aliphatic hydroxyl groups is 1. The third-order valence-electron chi connectivity index (χ3n) is 8.79. The highest BCUT2D eigenvalue weighted by Crippen LogP contribution is 2.66. The molecule has 1 spiro atoms. The Morgan fingerprint density at radius 2 is 2.21 bits per heavy atom. The summed E-state index contributed by atoms with van der Waals surface area (Å²) < 4.78 is 6.60. The maximum absolute atomic E-state index is 13.1. The molecule has 34 heavy (non-hydrogen) atoms. The zero-order valence-electron chi connectivity index (χ0n) is 19.7. The summed E-state index contributed by atoms with van der Waals surface area (Å²) in [6, 6.07) is 7.10. The molecule has 2 fully saturated rings. The van der Waals surface area contributed by atoms with Gasteiger partial charge in [-0.25, -0.2) is 4.98 Å². The summed E-state index contributed by atoms with van der Waals surface area (Å²) in [5, 5.41) is 23.3.